The van der Waals surface area contributed by atoms with Gasteiger partial charge in [-0.15, -0.1) is 0 Å². The molecule has 0 spiro atoms. The Labute approximate surface area is 152 Å². The van der Waals surface area contributed by atoms with Crippen LogP contribution in [0.15, 0.2) is 48.6 Å². The number of rotatable bonds is 0. The zero-order valence-corrected chi connectivity index (χ0v) is 14.4. The molecule has 8 atom stereocenters. The summed E-state index contributed by atoms with van der Waals surface area (Å²) >= 11 is 0. The van der Waals surface area contributed by atoms with Gasteiger partial charge in [-0.1, -0.05) is 48.6 Å². The maximum Gasteiger partial charge on any atom is 0.226 e. The van der Waals surface area contributed by atoms with Crippen LogP contribution < -0.4 is 10.6 Å². The van der Waals surface area contributed by atoms with Crippen LogP contribution in [0.1, 0.15) is 0 Å². The lowest BCUT2D eigenvalue weighted by atomic mass is 9.78. The fraction of sp³-hybridized carbons (Fsp3) is 0.545. The van der Waals surface area contributed by atoms with E-state index in [1.807, 2.05) is 0 Å². The van der Waals surface area contributed by atoms with Gasteiger partial charge in [0.05, 0.1) is 17.9 Å². The van der Waals surface area contributed by atoms with Gasteiger partial charge in [-0.3, -0.25) is 9.59 Å². The van der Waals surface area contributed by atoms with Crippen LogP contribution in [0, 0.1) is 59.2 Å². The number of carbonyl (C=O) groups is 2. The number of carbonyl (C=O) groups excluding carboxylic acids is 2. The van der Waals surface area contributed by atoms with Crippen LogP contribution in [0.2, 0.25) is 0 Å². The molecule has 2 saturated heterocycles. The first-order valence-corrected chi connectivity index (χ1v) is 10.1. The lowest BCUT2D eigenvalue weighted by Gasteiger charge is -2.39. The molecular weight excluding hydrogens is 324 g/mol. The van der Waals surface area contributed by atoms with Crippen molar-refractivity contribution in [3.05, 3.63) is 48.6 Å². The van der Waals surface area contributed by atoms with Crippen molar-refractivity contribution in [1.29, 1.82) is 0 Å². The van der Waals surface area contributed by atoms with E-state index in [1.54, 1.807) is 0 Å². The highest BCUT2D eigenvalue weighted by molar-refractivity contribution is 5.88. The van der Waals surface area contributed by atoms with Crippen molar-refractivity contribution in [2.45, 2.75) is 12.1 Å². The van der Waals surface area contributed by atoms with E-state index in [1.165, 1.54) is 0 Å². The minimum atomic E-state index is 0.259. The molecule has 26 heavy (non-hydrogen) atoms. The predicted molar refractivity (Wildman–Crippen MR) is 95.3 cm³/mol. The van der Waals surface area contributed by atoms with Crippen LogP contribution in [0.4, 0.5) is 0 Å². The van der Waals surface area contributed by atoms with E-state index in [-0.39, 0.29) is 11.8 Å². The number of hydrogen-bond acceptors (Lipinski definition) is 2. The Morgan fingerprint density at radius 2 is 1.04 bits per heavy atom. The summed E-state index contributed by atoms with van der Waals surface area (Å²) in [5.74, 6) is 6.19. The average Bonchev–Trinajstić information content (AvgIpc) is 3.45. The van der Waals surface area contributed by atoms with E-state index >= 15 is 0 Å². The molecule has 0 aromatic rings. The molecule has 8 unspecified atom stereocenters. The SMILES string of the molecule is O=C1NC2C1C1C=CC3C(C=C1)C32.O=C1NC2C3C=CC4C(C=C3)C4C12. The largest absolute Gasteiger partial charge is 0.352 e. The predicted octanol–water partition coefficient (Wildman–Crippen LogP) is 1.44. The molecule has 0 aromatic heterocycles. The Bertz CT molecular complexity index is 812. The third-order valence-electron chi connectivity index (χ3n) is 8.26. The number of β-lactam (4-membered cyclic amide) rings is 2. The fourth-order valence-electron chi connectivity index (χ4n) is 6.72. The zero-order valence-electron chi connectivity index (χ0n) is 14.4. The van der Waals surface area contributed by atoms with Gasteiger partial charge >= 0.3 is 0 Å². The second-order valence-electron chi connectivity index (χ2n) is 9.28. The number of hydrogen-bond donors (Lipinski definition) is 2. The van der Waals surface area contributed by atoms with Crippen LogP contribution in [0.3, 0.4) is 0 Å². The first kappa shape index (κ1) is 14.0. The summed E-state index contributed by atoms with van der Waals surface area (Å²) in [6.45, 7) is 0. The van der Waals surface area contributed by atoms with Crippen molar-refractivity contribution >= 4 is 11.8 Å². The van der Waals surface area contributed by atoms with Gasteiger partial charge < -0.3 is 10.6 Å². The number of nitrogens with one attached hydrogen (secondary N) is 2. The Kier molecular flexibility index (Phi) is 2.38. The van der Waals surface area contributed by atoms with Crippen molar-refractivity contribution in [2.24, 2.45) is 59.2 Å². The van der Waals surface area contributed by atoms with E-state index in [9.17, 15) is 9.59 Å². The maximum atomic E-state index is 11.4. The lowest BCUT2D eigenvalue weighted by molar-refractivity contribution is -0.137. The molecule has 10 rings (SSSR count). The summed E-state index contributed by atoms with van der Waals surface area (Å²) < 4.78 is 0. The van der Waals surface area contributed by atoms with E-state index in [2.05, 4.69) is 59.2 Å². The first-order valence-electron chi connectivity index (χ1n) is 10.1. The van der Waals surface area contributed by atoms with Crippen LogP contribution >= 0.6 is 0 Å². The quantitative estimate of drug-likeness (QED) is 0.515. The summed E-state index contributed by atoms with van der Waals surface area (Å²) in [6, 6.07) is 0.903. The molecule has 2 saturated carbocycles. The van der Waals surface area contributed by atoms with Crippen molar-refractivity contribution in [2.75, 3.05) is 0 Å². The molecule has 8 aliphatic carbocycles. The Morgan fingerprint density at radius 3 is 1.62 bits per heavy atom. The monoisotopic (exact) mass is 346 g/mol. The summed E-state index contributed by atoms with van der Waals surface area (Å²) in [7, 11) is 0. The molecule has 2 amide bonds. The fourth-order valence-corrected chi connectivity index (χ4v) is 6.72. The molecule has 132 valence electrons. The van der Waals surface area contributed by atoms with E-state index < -0.39 is 0 Å². The normalized spacial score (nSPS) is 58.9. The van der Waals surface area contributed by atoms with E-state index in [4.69, 9.17) is 0 Å². The summed E-state index contributed by atoms with van der Waals surface area (Å²) in [5, 5.41) is 6.09. The molecule has 4 fully saturated rings. The molecule has 4 nitrogen and oxygen atoms in total. The Hall–Kier alpha value is -2.10. The molecule has 8 bridgehead atoms. The molecule has 2 N–H and O–H groups in total. The highest BCUT2D eigenvalue weighted by Crippen LogP contribution is 2.60. The molecule has 2 aliphatic heterocycles. The zero-order chi connectivity index (χ0) is 17.2. The van der Waals surface area contributed by atoms with Crippen LogP contribution in [-0.4, -0.2) is 23.9 Å². The molecule has 0 aromatic carbocycles. The molecular formula is C22H22N2O2. The highest BCUT2D eigenvalue weighted by Gasteiger charge is 2.63. The van der Waals surface area contributed by atoms with Crippen molar-refractivity contribution in [3.8, 4) is 0 Å². The minimum Gasteiger partial charge on any atom is -0.352 e. The first-order chi connectivity index (χ1) is 12.7. The van der Waals surface area contributed by atoms with Crippen molar-refractivity contribution in [3.63, 3.8) is 0 Å². The van der Waals surface area contributed by atoms with Gasteiger partial charge in [0, 0.05) is 17.9 Å². The third kappa shape index (κ3) is 1.58. The summed E-state index contributed by atoms with van der Waals surface area (Å²) in [5.41, 5.74) is 0. The van der Waals surface area contributed by atoms with Gasteiger partial charge in [0.25, 0.3) is 0 Å². The maximum absolute atomic E-state index is 11.4. The van der Waals surface area contributed by atoms with Gasteiger partial charge in [-0.25, -0.2) is 0 Å². The highest BCUT2D eigenvalue weighted by atomic mass is 16.2. The number of amides is 2. The number of allylic oxidation sites excluding steroid dienone is 6. The van der Waals surface area contributed by atoms with E-state index in [0.29, 0.717) is 53.5 Å². The second kappa shape index (κ2) is 4.41. The molecule has 0 radical (unpaired) electrons. The third-order valence-corrected chi connectivity index (χ3v) is 8.26. The van der Waals surface area contributed by atoms with Gasteiger partial charge in [-0.05, 0) is 35.5 Å². The van der Waals surface area contributed by atoms with E-state index in [0.717, 1.165) is 17.8 Å². The van der Waals surface area contributed by atoms with Gasteiger partial charge in [0.1, 0.15) is 0 Å². The molecule has 4 heteroatoms. The Morgan fingerprint density at radius 1 is 0.538 bits per heavy atom. The topological polar surface area (TPSA) is 58.2 Å². The molecule has 10 aliphatic rings. The van der Waals surface area contributed by atoms with Gasteiger partial charge in [0.2, 0.25) is 11.8 Å². The average molecular weight is 346 g/mol. The van der Waals surface area contributed by atoms with Crippen LogP contribution in [0.25, 0.3) is 0 Å². The minimum absolute atomic E-state index is 0.259. The van der Waals surface area contributed by atoms with Crippen LogP contribution in [0.5, 0.6) is 0 Å². The summed E-state index contributed by atoms with van der Waals surface area (Å²) in [4.78, 5) is 22.8. The Balaban J connectivity index is 0.0000000985. The van der Waals surface area contributed by atoms with Gasteiger partial charge in [0.15, 0.2) is 0 Å². The van der Waals surface area contributed by atoms with Crippen molar-refractivity contribution in [1.82, 2.24) is 10.6 Å². The van der Waals surface area contributed by atoms with Gasteiger partial charge in [-0.2, -0.15) is 0 Å². The second-order valence-corrected chi connectivity index (χ2v) is 9.28. The van der Waals surface area contributed by atoms with Crippen molar-refractivity contribution < 1.29 is 9.59 Å². The lowest BCUT2D eigenvalue weighted by Crippen LogP contribution is -2.61. The molecule has 2 heterocycles. The van der Waals surface area contributed by atoms with Crippen LogP contribution in [-0.2, 0) is 9.59 Å². The smallest absolute Gasteiger partial charge is 0.226 e. The standard InChI is InChI=1S/2C11H11NO/c13-11-9-8-6-3-1-5(10(9)12-11)2-4-7(6)8;13-11-8-5-1-3-6-7(4-2-5)9(6)10(8)12-11/h2*1-10H,(H,12,13). The summed E-state index contributed by atoms with van der Waals surface area (Å²) in [6.07, 6.45) is 18.4.